The van der Waals surface area contributed by atoms with Crippen molar-refractivity contribution in [2.45, 2.75) is 6.04 Å². The molecule has 122 valence electrons. The molecule has 25 heavy (non-hydrogen) atoms. The fourth-order valence-electron chi connectivity index (χ4n) is 3.03. The molecule has 0 aliphatic carbocycles. The lowest BCUT2D eigenvalue weighted by atomic mass is 10.1. The topological polar surface area (TPSA) is 46.9 Å². The summed E-state index contributed by atoms with van der Waals surface area (Å²) in [6.45, 7) is 0. The largest absolute Gasteiger partial charge is 0.338 e. The lowest BCUT2D eigenvalue weighted by Gasteiger charge is -2.19. The number of aromatic nitrogens is 2. The highest BCUT2D eigenvalue weighted by Crippen LogP contribution is 2.25. The van der Waals surface area contributed by atoms with Gasteiger partial charge in [0, 0.05) is 24.0 Å². The van der Waals surface area contributed by atoms with Gasteiger partial charge in [0.15, 0.2) is 0 Å². The normalized spacial score (nSPS) is 12.0. The van der Waals surface area contributed by atoms with Crippen LogP contribution in [0, 0.1) is 0 Å². The first-order chi connectivity index (χ1) is 12.3. The Bertz CT molecular complexity index is 989. The van der Waals surface area contributed by atoms with Gasteiger partial charge in [-0.2, -0.15) is 0 Å². The number of benzene rings is 2. The van der Waals surface area contributed by atoms with Gasteiger partial charge >= 0.3 is 0 Å². The Balaban J connectivity index is 1.72. The summed E-state index contributed by atoms with van der Waals surface area (Å²) >= 11 is 0. The molecule has 1 N–H and O–H groups in total. The predicted molar refractivity (Wildman–Crippen MR) is 99.4 cm³/mol. The molecule has 0 radical (unpaired) electrons. The van der Waals surface area contributed by atoms with E-state index in [0.717, 1.165) is 22.2 Å². The summed E-state index contributed by atoms with van der Waals surface area (Å²) in [5.74, 6) is -0.0845. The Morgan fingerprint density at radius 1 is 0.880 bits per heavy atom. The molecule has 0 saturated heterocycles. The van der Waals surface area contributed by atoms with Crippen LogP contribution < -0.4 is 5.32 Å². The zero-order chi connectivity index (χ0) is 17.1. The molecular weight excluding hydrogens is 310 g/mol. The minimum Gasteiger partial charge on any atom is -0.338 e. The van der Waals surface area contributed by atoms with Crippen molar-refractivity contribution in [3.05, 3.63) is 97.0 Å². The summed E-state index contributed by atoms with van der Waals surface area (Å²) in [5.41, 5.74) is 2.57. The molecule has 0 aliphatic heterocycles. The second-order valence-corrected chi connectivity index (χ2v) is 5.81. The Hall–Kier alpha value is -3.40. The molecule has 0 unspecified atom stereocenters. The van der Waals surface area contributed by atoms with Crippen molar-refractivity contribution in [3.63, 3.8) is 0 Å². The Labute approximate surface area is 145 Å². The van der Waals surface area contributed by atoms with Crippen molar-refractivity contribution in [2.75, 3.05) is 5.32 Å². The van der Waals surface area contributed by atoms with E-state index in [9.17, 15) is 4.79 Å². The minimum absolute atomic E-state index is 0.0845. The molecule has 1 amide bonds. The van der Waals surface area contributed by atoms with Gasteiger partial charge in [-0.25, -0.2) is 0 Å². The summed E-state index contributed by atoms with van der Waals surface area (Å²) in [6.07, 6.45) is 5.56. The Morgan fingerprint density at radius 2 is 1.68 bits per heavy atom. The first kappa shape index (κ1) is 15.1. The number of rotatable bonds is 4. The number of nitrogens with one attached hydrogen (secondary N) is 1. The summed E-state index contributed by atoms with van der Waals surface area (Å²) in [4.78, 5) is 17.4. The van der Waals surface area contributed by atoms with Crippen LogP contribution >= 0.6 is 0 Å². The van der Waals surface area contributed by atoms with Crippen LogP contribution in [0.15, 0.2) is 91.4 Å². The highest BCUT2D eigenvalue weighted by atomic mass is 16.2. The zero-order valence-corrected chi connectivity index (χ0v) is 13.5. The molecule has 0 bridgehead atoms. The van der Waals surface area contributed by atoms with E-state index < -0.39 is 6.04 Å². The highest BCUT2D eigenvalue weighted by molar-refractivity contribution is 6.03. The minimum atomic E-state index is -0.428. The average Bonchev–Trinajstić information content (AvgIpc) is 3.17. The van der Waals surface area contributed by atoms with Gasteiger partial charge in [0.05, 0.1) is 11.2 Å². The second-order valence-electron chi connectivity index (χ2n) is 5.81. The number of amides is 1. The summed E-state index contributed by atoms with van der Waals surface area (Å²) < 4.78 is 1.91. The van der Waals surface area contributed by atoms with E-state index >= 15 is 0 Å². The van der Waals surface area contributed by atoms with Crippen LogP contribution in [0.4, 0.5) is 5.69 Å². The van der Waals surface area contributed by atoms with Crippen LogP contribution in [-0.2, 0) is 4.79 Å². The predicted octanol–water partition coefficient (Wildman–Crippen LogP) is 4.26. The van der Waals surface area contributed by atoms with Crippen molar-refractivity contribution in [2.24, 2.45) is 0 Å². The second kappa shape index (κ2) is 6.61. The molecule has 4 rings (SSSR count). The maximum atomic E-state index is 13.1. The summed E-state index contributed by atoms with van der Waals surface area (Å²) in [5, 5.41) is 4.00. The van der Waals surface area contributed by atoms with Gasteiger partial charge in [-0.3, -0.25) is 9.78 Å². The number of fused-ring (bicyclic) bond motifs is 1. The highest BCUT2D eigenvalue weighted by Gasteiger charge is 2.22. The number of carbonyl (C=O) groups excluding carboxylic acids is 1. The van der Waals surface area contributed by atoms with Gasteiger partial charge in [0.2, 0.25) is 0 Å². The number of hydrogen-bond acceptors (Lipinski definition) is 2. The average molecular weight is 327 g/mol. The molecule has 2 aromatic carbocycles. The van der Waals surface area contributed by atoms with E-state index in [1.807, 2.05) is 89.8 Å². The molecule has 2 aromatic heterocycles. The number of nitrogens with zero attached hydrogens (tertiary/aromatic N) is 2. The number of hydrogen-bond donors (Lipinski definition) is 1. The van der Waals surface area contributed by atoms with Crippen LogP contribution in [0.2, 0.25) is 0 Å². The fraction of sp³-hybridized carbons (Fsp3) is 0.0476. The number of pyridine rings is 1. The molecule has 4 heteroatoms. The SMILES string of the molecule is O=C(Nc1cccc2ncccc12)[C@H](c1ccccc1)n1cccc1. The summed E-state index contributed by atoms with van der Waals surface area (Å²) in [6, 6.07) is 22.8. The van der Waals surface area contributed by atoms with Crippen molar-refractivity contribution < 1.29 is 4.79 Å². The third-order valence-corrected chi connectivity index (χ3v) is 4.19. The standard InChI is InChI=1S/C21H17N3O/c25-21(23-19-12-6-11-18-17(19)10-7-13-22-18)20(24-14-4-5-15-24)16-8-2-1-3-9-16/h1-15,20H,(H,23,25)/t20-/m0/s1. The maximum Gasteiger partial charge on any atom is 0.252 e. The molecule has 4 nitrogen and oxygen atoms in total. The van der Waals surface area contributed by atoms with E-state index in [-0.39, 0.29) is 5.91 Å². The van der Waals surface area contributed by atoms with Gasteiger partial charge in [-0.1, -0.05) is 36.4 Å². The number of carbonyl (C=O) groups is 1. The molecule has 2 heterocycles. The fourth-order valence-corrected chi connectivity index (χ4v) is 3.03. The lowest BCUT2D eigenvalue weighted by molar-refractivity contribution is -0.118. The maximum absolute atomic E-state index is 13.1. The van der Waals surface area contributed by atoms with E-state index in [4.69, 9.17) is 0 Å². The zero-order valence-electron chi connectivity index (χ0n) is 13.5. The van der Waals surface area contributed by atoms with Gasteiger partial charge in [-0.05, 0) is 42.0 Å². The third-order valence-electron chi connectivity index (χ3n) is 4.19. The molecule has 0 fully saturated rings. The van der Waals surface area contributed by atoms with Crippen LogP contribution in [0.1, 0.15) is 11.6 Å². The van der Waals surface area contributed by atoms with Gasteiger partial charge in [0.25, 0.3) is 5.91 Å². The quantitative estimate of drug-likeness (QED) is 0.608. The van der Waals surface area contributed by atoms with Gasteiger partial charge in [-0.15, -0.1) is 0 Å². The van der Waals surface area contributed by atoms with Crippen molar-refractivity contribution >= 4 is 22.5 Å². The van der Waals surface area contributed by atoms with Crippen LogP contribution in [-0.4, -0.2) is 15.5 Å². The molecule has 0 saturated carbocycles. The first-order valence-electron chi connectivity index (χ1n) is 8.15. The monoisotopic (exact) mass is 327 g/mol. The van der Waals surface area contributed by atoms with Gasteiger partial charge < -0.3 is 9.88 Å². The van der Waals surface area contributed by atoms with Crippen LogP contribution in [0.5, 0.6) is 0 Å². The van der Waals surface area contributed by atoms with Crippen molar-refractivity contribution in [3.8, 4) is 0 Å². The van der Waals surface area contributed by atoms with E-state index in [1.54, 1.807) is 6.20 Å². The molecule has 0 aliphatic rings. The lowest BCUT2D eigenvalue weighted by Crippen LogP contribution is -2.26. The van der Waals surface area contributed by atoms with E-state index in [0.29, 0.717) is 0 Å². The van der Waals surface area contributed by atoms with Crippen molar-refractivity contribution in [1.29, 1.82) is 0 Å². The van der Waals surface area contributed by atoms with Gasteiger partial charge in [0.1, 0.15) is 6.04 Å². The third kappa shape index (κ3) is 3.02. The summed E-state index contributed by atoms with van der Waals surface area (Å²) in [7, 11) is 0. The van der Waals surface area contributed by atoms with Crippen LogP contribution in [0.25, 0.3) is 10.9 Å². The smallest absolute Gasteiger partial charge is 0.252 e. The van der Waals surface area contributed by atoms with E-state index in [1.165, 1.54) is 0 Å². The van der Waals surface area contributed by atoms with Crippen LogP contribution in [0.3, 0.4) is 0 Å². The van der Waals surface area contributed by atoms with E-state index in [2.05, 4.69) is 10.3 Å². The molecule has 4 aromatic rings. The molecular formula is C21H17N3O. The Morgan fingerprint density at radius 3 is 2.48 bits per heavy atom. The molecule has 1 atom stereocenters. The number of anilines is 1. The Kier molecular flexibility index (Phi) is 4.01. The van der Waals surface area contributed by atoms with Crippen molar-refractivity contribution in [1.82, 2.24) is 9.55 Å². The molecule has 0 spiro atoms. The first-order valence-corrected chi connectivity index (χ1v) is 8.15.